The molecule has 3 rings (SSSR count). The number of hydrogen-bond acceptors (Lipinski definition) is 7. The molecule has 0 radical (unpaired) electrons. The topological polar surface area (TPSA) is 64.1 Å². The molecule has 1 amide bonds. The van der Waals surface area contributed by atoms with Crippen LogP contribution in [-0.2, 0) is 11.3 Å². The van der Waals surface area contributed by atoms with Crippen molar-refractivity contribution in [2.24, 2.45) is 0 Å². The Kier molecular flexibility index (Phi) is 8.95. The number of aromatic nitrogens is 1. The molecular formula is C21H28ClN3O4S. The lowest BCUT2D eigenvalue weighted by Crippen LogP contribution is -2.47. The molecule has 2 aromatic rings. The Morgan fingerprint density at radius 2 is 1.73 bits per heavy atom. The van der Waals surface area contributed by atoms with Gasteiger partial charge in [-0.3, -0.25) is 9.69 Å². The summed E-state index contributed by atoms with van der Waals surface area (Å²) in [6.45, 7) is 5.98. The van der Waals surface area contributed by atoms with Crippen LogP contribution >= 0.6 is 23.7 Å². The molecule has 0 atom stereocenters. The summed E-state index contributed by atoms with van der Waals surface area (Å²) >= 11 is 1.69. The van der Waals surface area contributed by atoms with Crippen molar-refractivity contribution < 1.29 is 19.0 Å². The van der Waals surface area contributed by atoms with Crippen molar-refractivity contribution in [3.63, 3.8) is 0 Å². The third kappa shape index (κ3) is 5.87. The van der Waals surface area contributed by atoms with E-state index in [2.05, 4.69) is 15.3 Å². The van der Waals surface area contributed by atoms with E-state index in [0.717, 1.165) is 35.9 Å². The molecule has 30 heavy (non-hydrogen) atoms. The highest BCUT2D eigenvalue weighted by molar-refractivity contribution is 7.09. The third-order valence-corrected chi connectivity index (χ3v) is 5.77. The average Bonchev–Trinajstić information content (AvgIpc) is 3.16. The molecule has 0 unspecified atom stereocenters. The zero-order valence-electron chi connectivity index (χ0n) is 17.7. The molecule has 0 bridgehead atoms. The van der Waals surface area contributed by atoms with E-state index < -0.39 is 0 Å². The highest BCUT2D eigenvalue weighted by atomic mass is 35.5. The number of carbonyl (C=O) groups is 1. The number of amides is 1. The molecule has 9 heteroatoms. The number of piperazine rings is 1. The normalized spacial score (nSPS) is 14.5. The highest BCUT2D eigenvalue weighted by Crippen LogP contribution is 2.38. The number of halogens is 1. The van der Waals surface area contributed by atoms with Gasteiger partial charge in [0.25, 0.3) is 0 Å². The predicted octanol–water partition coefficient (Wildman–Crippen LogP) is 3.26. The van der Waals surface area contributed by atoms with Gasteiger partial charge in [0.2, 0.25) is 11.7 Å². The summed E-state index contributed by atoms with van der Waals surface area (Å²) < 4.78 is 16.1. The maximum Gasteiger partial charge on any atom is 0.246 e. The van der Waals surface area contributed by atoms with Crippen molar-refractivity contribution >= 4 is 35.7 Å². The fourth-order valence-electron chi connectivity index (χ4n) is 3.26. The average molecular weight is 454 g/mol. The van der Waals surface area contributed by atoms with Crippen LogP contribution in [0.25, 0.3) is 6.08 Å². The van der Waals surface area contributed by atoms with Crippen molar-refractivity contribution in [1.29, 1.82) is 0 Å². The number of methoxy groups -OCH3 is 3. The Morgan fingerprint density at radius 1 is 1.10 bits per heavy atom. The van der Waals surface area contributed by atoms with Crippen LogP contribution in [0.3, 0.4) is 0 Å². The van der Waals surface area contributed by atoms with E-state index in [0.29, 0.717) is 30.3 Å². The second-order valence-corrected chi connectivity index (χ2v) is 7.72. The van der Waals surface area contributed by atoms with Gasteiger partial charge in [0.15, 0.2) is 11.5 Å². The first kappa shape index (κ1) is 24.0. The number of aryl methyl sites for hydroxylation is 1. The van der Waals surface area contributed by atoms with Crippen LogP contribution in [-0.4, -0.2) is 68.2 Å². The molecular weight excluding hydrogens is 426 g/mol. The highest BCUT2D eigenvalue weighted by Gasteiger charge is 2.20. The fourth-order valence-corrected chi connectivity index (χ4v) is 4.08. The molecule has 0 N–H and O–H groups in total. The Balaban J connectivity index is 0.00000320. The number of thiazole rings is 1. The van der Waals surface area contributed by atoms with E-state index in [1.54, 1.807) is 44.8 Å². The van der Waals surface area contributed by atoms with Crippen molar-refractivity contribution in [2.75, 3.05) is 47.5 Å². The van der Waals surface area contributed by atoms with Crippen LogP contribution < -0.4 is 14.2 Å². The number of hydrogen-bond donors (Lipinski definition) is 0. The Bertz CT molecular complexity index is 854. The van der Waals surface area contributed by atoms with Gasteiger partial charge < -0.3 is 19.1 Å². The standard InChI is InChI=1S/C21H27N3O4S.ClH/c1-15-14-29-19(22-15)13-23-7-9-24(10-8-23)20(25)6-5-16-11-17(26-2)21(28-4)18(12-16)27-3;/h5-6,11-12,14H,7-10,13H2,1-4H3;1H. The number of rotatable bonds is 7. The first-order valence-corrected chi connectivity index (χ1v) is 10.3. The first-order valence-electron chi connectivity index (χ1n) is 9.44. The quantitative estimate of drug-likeness (QED) is 0.599. The predicted molar refractivity (Wildman–Crippen MR) is 121 cm³/mol. The molecule has 2 heterocycles. The third-order valence-electron chi connectivity index (χ3n) is 4.81. The summed E-state index contributed by atoms with van der Waals surface area (Å²) in [6, 6.07) is 3.64. The van der Waals surface area contributed by atoms with E-state index in [1.165, 1.54) is 0 Å². The van der Waals surface area contributed by atoms with Crippen molar-refractivity contribution in [3.8, 4) is 17.2 Å². The minimum Gasteiger partial charge on any atom is -0.493 e. The maximum absolute atomic E-state index is 12.6. The van der Waals surface area contributed by atoms with Crippen molar-refractivity contribution in [2.45, 2.75) is 13.5 Å². The summed E-state index contributed by atoms with van der Waals surface area (Å²) in [4.78, 5) is 21.3. The molecule has 1 aromatic carbocycles. The van der Waals surface area contributed by atoms with Crippen LogP contribution in [0, 0.1) is 6.92 Å². The monoisotopic (exact) mass is 453 g/mol. The van der Waals surface area contributed by atoms with Gasteiger partial charge in [-0.2, -0.15) is 0 Å². The molecule has 1 fully saturated rings. The van der Waals surface area contributed by atoms with Gasteiger partial charge in [0, 0.05) is 43.3 Å². The summed E-state index contributed by atoms with van der Waals surface area (Å²) in [6.07, 6.45) is 3.37. The Hall–Kier alpha value is -2.29. The van der Waals surface area contributed by atoms with Crippen LogP contribution in [0.4, 0.5) is 0 Å². The Morgan fingerprint density at radius 3 is 2.23 bits per heavy atom. The fraction of sp³-hybridized carbons (Fsp3) is 0.429. The summed E-state index contributed by atoms with van der Waals surface area (Å²) in [5.74, 6) is 1.66. The van der Waals surface area contributed by atoms with E-state index in [1.807, 2.05) is 24.0 Å². The van der Waals surface area contributed by atoms with E-state index >= 15 is 0 Å². The lowest BCUT2D eigenvalue weighted by Gasteiger charge is -2.33. The van der Waals surface area contributed by atoms with Gasteiger partial charge in [0.05, 0.1) is 27.9 Å². The Labute approximate surface area is 187 Å². The van der Waals surface area contributed by atoms with Crippen LogP contribution in [0.5, 0.6) is 17.2 Å². The minimum absolute atomic E-state index is 0. The summed E-state index contributed by atoms with van der Waals surface area (Å²) in [5.41, 5.74) is 1.88. The molecule has 1 aliphatic rings. The van der Waals surface area contributed by atoms with Gasteiger partial charge >= 0.3 is 0 Å². The number of carbonyl (C=O) groups excluding carboxylic acids is 1. The maximum atomic E-state index is 12.6. The van der Waals surface area contributed by atoms with Gasteiger partial charge in [-0.1, -0.05) is 0 Å². The van der Waals surface area contributed by atoms with Crippen LogP contribution in [0.15, 0.2) is 23.6 Å². The lowest BCUT2D eigenvalue weighted by molar-refractivity contribution is -0.127. The molecule has 1 aromatic heterocycles. The van der Waals surface area contributed by atoms with Crippen molar-refractivity contribution in [1.82, 2.24) is 14.8 Å². The van der Waals surface area contributed by atoms with Crippen LogP contribution in [0.2, 0.25) is 0 Å². The zero-order valence-corrected chi connectivity index (χ0v) is 19.3. The number of benzene rings is 1. The number of nitrogens with zero attached hydrogens (tertiary/aromatic N) is 3. The summed E-state index contributed by atoms with van der Waals surface area (Å²) in [7, 11) is 4.71. The first-order chi connectivity index (χ1) is 14.0. The summed E-state index contributed by atoms with van der Waals surface area (Å²) in [5, 5.41) is 3.20. The molecule has 1 aliphatic heterocycles. The largest absolute Gasteiger partial charge is 0.493 e. The van der Waals surface area contributed by atoms with Crippen LogP contribution in [0.1, 0.15) is 16.3 Å². The number of ether oxygens (including phenoxy) is 3. The SMILES string of the molecule is COc1cc(C=CC(=O)N2CCN(Cc3nc(C)cs3)CC2)cc(OC)c1OC.Cl. The second kappa shape index (κ2) is 11.2. The second-order valence-electron chi connectivity index (χ2n) is 6.78. The van der Waals surface area contributed by atoms with Gasteiger partial charge in [-0.25, -0.2) is 4.98 Å². The smallest absolute Gasteiger partial charge is 0.246 e. The van der Waals surface area contributed by atoms with E-state index in [4.69, 9.17) is 14.2 Å². The van der Waals surface area contributed by atoms with E-state index in [-0.39, 0.29) is 18.3 Å². The zero-order chi connectivity index (χ0) is 20.8. The lowest BCUT2D eigenvalue weighted by atomic mass is 10.1. The molecule has 1 saturated heterocycles. The van der Waals surface area contributed by atoms with Crippen molar-refractivity contribution in [3.05, 3.63) is 39.9 Å². The molecule has 0 aliphatic carbocycles. The van der Waals surface area contributed by atoms with Gasteiger partial charge in [-0.05, 0) is 30.7 Å². The molecule has 7 nitrogen and oxygen atoms in total. The van der Waals surface area contributed by atoms with Gasteiger partial charge in [0.1, 0.15) is 5.01 Å². The van der Waals surface area contributed by atoms with Gasteiger partial charge in [-0.15, -0.1) is 23.7 Å². The van der Waals surface area contributed by atoms with E-state index in [9.17, 15) is 4.79 Å². The molecule has 0 spiro atoms. The minimum atomic E-state index is 0. The molecule has 164 valence electrons. The molecule has 0 saturated carbocycles.